The smallest absolute Gasteiger partial charge is 0.202 e. The molecule has 168 valence electrons. The van der Waals surface area contributed by atoms with Gasteiger partial charge >= 0.3 is 0 Å². The van der Waals surface area contributed by atoms with Gasteiger partial charge in [-0.3, -0.25) is 0 Å². The molecule has 4 aromatic carbocycles. The van der Waals surface area contributed by atoms with Crippen molar-refractivity contribution in [1.29, 1.82) is 0 Å². The Morgan fingerprint density at radius 3 is 0.697 bits per heavy atom. The average Bonchev–Trinajstić information content (AvgIpc) is 2.90. The van der Waals surface area contributed by atoms with Crippen molar-refractivity contribution in [1.82, 2.24) is 0 Å². The van der Waals surface area contributed by atoms with Gasteiger partial charge in [-0.1, -0.05) is 121 Å². The quantitative estimate of drug-likeness (QED) is 0.294. The topological polar surface area (TPSA) is 80.9 Å². The number of aliphatic hydroxyl groups excluding tert-OH is 4. The number of aliphatic hydroxyl groups is 4. The van der Waals surface area contributed by atoms with Crippen LogP contribution in [0.25, 0.3) is 0 Å². The van der Waals surface area contributed by atoms with Crippen molar-refractivity contribution in [2.75, 3.05) is 0 Å². The van der Waals surface area contributed by atoms with E-state index in [-0.39, 0.29) is 0 Å². The molecule has 0 radical (unpaired) electrons. The van der Waals surface area contributed by atoms with E-state index in [1.165, 1.54) is 0 Å². The summed E-state index contributed by atoms with van der Waals surface area (Å²) >= 11 is 0. The van der Waals surface area contributed by atoms with Gasteiger partial charge in [0, 0.05) is 0 Å². The third kappa shape index (κ3) is 4.42. The van der Waals surface area contributed by atoms with Crippen LogP contribution < -0.4 is 0 Å². The monoisotopic (exact) mass is 456 g/mol. The summed E-state index contributed by atoms with van der Waals surface area (Å²) in [6, 6.07) is 35.9. The van der Waals surface area contributed by atoms with Crippen LogP contribution in [0, 0.1) is 0 Å². The van der Waals surface area contributed by atoms with E-state index in [1.807, 2.05) is 24.3 Å². The molecule has 0 heterocycles. The highest BCUT2D eigenvalue weighted by molar-refractivity contribution is 6.83. The van der Waals surface area contributed by atoms with Crippen molar-refractivity contribution in [3.63, 3.8) is 0 Å². The third-order valence-corrected chi connectivity index (χ3v) is 11.5. The summed E-state index contributed by atoms with van der Waals surface area (Å²) in [5.74, 6) is 0. The molecule has 5 heteroatoms. The van der Waals surface area contributed by atoms with E-state index in [1.54, 1.807) is 97.1 Å². The summed E-state index contributed by atoms with van der Waals surface area (Å²) in [6.45, 7) is 0. The molecule has 0 amide bonds. The summed E-state index contributed by atoms with van der Waals surface area (Å²) in [5, 5.41) is 47.6. The fraction of sp³-hybridized carbons (Fsp3) is 0.143. The van der Waals surface area contributed by atoms with Crippen molar-refractivity contribution in [3.8, 4) is 0 Å². The zero-order chi connectivity index (χ0) is 23.3. The zero-order valence-electron chi connectivity index (χ0n) is 18.1. The van der Waals surface area contributed by atoms with Gasteiger partial charge in [0.1, 0.15) is 0 Å². The second kappa shape index (κ2) is 10.3. The standard InChI is InChI=1S/C28H28O4Si/c29-25(21-13-5-1-6-14-21)33(26(30)22-15-7-2-8-16-22,27(31)23-17-9-3-10-18-23)28(32)24-19-11-4-12-20-24/h1-20,25-32H. The Bertz CT molecular complexity index is 936. The molecule has 0 spiro atoms. The molecule has 4 aromatic rings. The molecular weight excluding hydrogens is 428 g/mol. The van der Waals surface area contributed by atoms with Gasteiger partial charge in [-0.05, 0) is 22.3 Å². The predicted octanol–water partition coefficient (Wildman–Crippen LogP) is 4.53. The SMILES string of the molecule is OC(c1ccccc1)[Si](C(O)c1ccccc1)(C(O)c1ccccc1)C(O)c1ccccc1. The highest BCUT2D eigenvalue weighted by Crippen LogP contribution is 2.50. The van der Waals surface area contributed by atoms with Crippen LogP contribution in [0.15, 0.2) is 121 Å². The molecule has 0 saturated heterocycles. The Kier molecular flexibility index (Phi) is 7.18. The van der Waals surface area contributed by atoms with Crippen LogP contribution in [0.3, 0.4) is 0 Å². The van der Waals surface area contributed by atoms with E-state index in [0.29, 0.717) is 22.3 Å². The summed E-state index contributed by atoms with van der Waals surface area (Å²) in [7, 11) is -3.95. The van der Waals surface area contributed by atoms with Crippen LogP contribution in [0.5, 0.6) is 0 Å². The molecule has 0 fully saturated rings. The lowest BCUT2D eigenvalue weighted by Crippen LogP contribution is -2.59. The molecule has 4 N–H and O–H groups in total. The fourth-order valence-electron chi connectivity index (χ4n) is 4.59. The predicted molar refractivity (Wildman–Crippen MR) is 131 cm³/mol. The van der Waals surface area contributed by atoms with E-state index in [9.17, 15) is 20.4 Å². The van der Waals surface area contributed by atoms with Crippen LogP contribution in [0.2, 0.25) is 0 Å². The van der Waals surface area contributed by atoms with E-state index in [4.69, 9.17) is 0 Å². The molecule has 0 aromatic heterocycles. The summed E-state index contributed by atoms with van der Waals surface area (Å²) in [4.78, 5) is 0. The number of hydrogen-bond acceptors (Lipinski definition) is 4. The first kappa shape index (κ1) is 23.1. The van der Waals surface area contributed by atoms with Crippen LogP contribution in [-0.2, 0) is 0 Å². The minimum Gasteiger partial charge on any atom is -0.392 e. The Balaban J connectivity index is 1.99. The van der Waals surface area contributed by atoms with Crippen molar-refractivity contribution in [2.24, 2.45) is 0 Å². The molecule has 4 unspecified atom stereocenters. The van der Waals surface area contributed by atoms with E-state index < -0.39 is 31.0 Å². The van der Waals surface area contributed by atoms with E-state index >= 15 is 0 Å². The molecule has 0 aliphatic heterocycles. The molecule has 4 rings (SSSR count). The van der Waals surface area contributed by atoms with E-state index in [2.05, 4.69) is 0 Å². The molecule has 0 bridgehead atoms. The van der Waals surface area contributed by atoms with Gasteiger partial charge in [0.15, 0.2) is 0 Å². The Morgan fingerprint density at radius 2 is 0.515 bits per heavy atom. The molecular formula is C28H28O4Si. The lowest BCUT2D eigenvalue weighted by atomic mass is 10.2. The maximum Gasteiger partial charge on any atom is 0.202 e. The van der Waals surface area contributed by atoms with Crippen LogP contribution in [-0.4, -0.2) is 28.5 Å². The molecule has 33 heavy (non-hydrogen) atoms. The van der Waals surface area contributed by atoms with Gasteiger partial charge in [0.25, 0.3) is 0 Å². The molecule has 0 aliphatic rings. The molecule has 4 nitrogen and oxygen atoms in total. The normalized spacial score (nSPS) is 16.8. The minimum atomic E-state index is -3.95. The molecule has 4 atom stereocenters. The number of benzene rings is 4. The average molecular weight is 457 g/mol. The second-order valence-electron chi connectivity index (χ2n) is 8.25. The van der Waals surface area contributed by atoms with Crippen molar-refractivity contribution < 1.29 is 20.4 Å². The second-order valence-corrected chi connectivity index (χ2v) is 12.4. The fourth-order valence-corrected chi connectivity index (χ4v) is 9.47. The van der Waals surface area contributed by atoms with Crippen LogP contribution in [0.4, 0.5) is 0 Å². The number of hydrogen-bond donors (Lipinski definition) is 4. The highest BCUT2D eigenvalue weighted by Gasteiger charge is 2.60. The van der Waals surface area contributed by atoms with Crippen LogP contribution >= 0.6 is 0 Å². The maximum absolute atomic E-state index is 11.9. The van der Waals surface area contributed by atoms with Gasteiger partial charge < -0.3 is 20.4 Å². The Hall–Kier alpha value is -3.06. The van der Waals surface area contributed by atoms with Gasteiger partial charge in [-0.2, -0.15) is 0 Å². The number of rotatable bonds is 8. The lowest BCUT2D eigenvalue weighted by molar-refractivity contribution is 0.119. The van der Waals surface area contributed by atoms with Gasteiger partial charge in [0.2, 0.25) is 8.07 Å². The molecule has 0 aliphatic carbocycles. The zero-order valence-corrected chi connectivity index (χ0v) is 19.1. The van der Waals surface area contributed by atoms with Crippen molar-refractivity contribution in [3.05, 3.63) is 144 Å². The van der Waals surface area contributed by atoms with Crippen LogP contribution in [0.1, 0.15) is 45.2 Å². The maximum atomic E-state index is 11.9. The van der Waals surface area contributed by atoms with E-state index in [0.717, 1.165) is 0 Å². The summed E-state index contributed by atoms with van der Waals surface area (Å²) < 4.78 is 0. The van der Waals surface area contributed by atoms with Gasteiger partial charge in [-0.25, -0.2) is 0 Å². The van der Waals surface area contributed by atoms with Gasteiger partial charge in [-0.15, -0.1) is 0 Å². The Labute approximate surface area is 195 Å². The summed E-state index contributed by atoms with van der Waals surface area (Å²) in [5.41, 5.74) is -2.88. The minimum absolute atomic E-state index is 0.545. The first-order valence-electron chi connectivity index (χ1n) is 11.0. The molecule has 0 saturated carbocycles. The van der Waals surface area contributed by atoms with Gasteiger partial charge in [0.05, 0.1) is 22.9 Å². The summed E-state index contributed by atoms with van der Waals surface area (Å²) in [6.07, 6.45) is 0. The highest BCUT2D eigenvalue weighted by atomic mass is 28.3. The lowest BCUT2D eigenvalue weighted by Gasteiger charge is -2.46. The van der Waals surface area contributed by atoms with Crippen molar-refractivity contribution in [2.45, 2.75) is 22.9 Å². The third-order valence-electron chi connectivity index (χ3n) is 6.36. The van der Waals surface area contributed by atoms with Crippen molar-refractivity contribution >= 4 is 8.07 Å². The first-order chi connectivity index (χ1) is 16.1. The largest absolute Gasteiger partial charge is 0.392 e. The first-order valence-corrected chi connectivity index (χ1v) is 13.3. The Morgan fingerprint density at radius 1 is 0.333 bits per heavy atom.